The molecule has 0 aromatic carbocycles. The first kappa shape index (κ1) is 25.7. The van der Waals surface area contributed by atoms with Gasteiger partial charge in [-0.05, 0) is 41.5 Å². The van der Waals surface area contributed by atoms with Crippen molar-refractivity contribution in [2.75, 3.05) is 0 Å². The van der Waals surface area contributed by atoms with Crippen molar-refractivity contribution in [1.29, 1.82) is 0 Å². The summed E-state index contributed by atoms with van der Waals surface area (Å²) in [7, 11) is 0. The number of carbonyl (C=O) groups excluding carboxylic acids is 2. The van der Waals surface area contributed by atoms with E-state index >= 15 is 0 Å². The number of aliphatic hydroxyl groups excluding tert-OH is 1. The molecule has 0 radical (unpaired) electrons. The summed E-state index contributed by atoms with van der Waals surface area (Å²) < 4.78 is 1.48. The number of hydrogen-bond donors (Lipinski definition) is 2. The molecule has 0 saturated carbocycles. The molecule has 0 unspecified atom stereocenters. The van der Waals surface area contributed by atoms with E-state index in [0.717, 1.165) is 0 Å². The highest BCUT2D eigenvalue weighted by Gasteiger charge is 2.49. The zero-order chi connectivity index (χ0) is 26.3. The third kappa shape index (κ3) is 3.87. The van der Waals surface area contributed by atoms with Crippen molar-refractivity contribution in [3.8, 4) is 0 Å². The zero-order valence-corrected chi connectivity index (χ0v) is 22.5. The van der Waals surface area contributed by atoms with Gasteiger partial charge in [0.1, 0.15) is 5.76 Å². The number of aliphatic hydroxyl groups is 1. The van der Waals surface area contributed by atoms with Gasteiger partial charge in [0.05, 0.1) is 44.8 Å². The monoisotopic (exact) mass is 470 g/mol. The lowest BCUT2D eigenvalue weighted by Crippen LogP contribution is -2.40. The molecule has 1 amide bonds. The standard InChI is InChI=1S/C26H38N4O4/c1-23(2,3)19-15(21(33)29(27-19)25(7,8)9)13-17(31)14(18(13)32)16-20(24(4,5)6)28-30(22(16)34)26(10,11)12/h27,31H,1-12H3/b16-14+. The van der Waals surface area contributed by atoms with Gasteiger partial charge in [-0.3, -0.25) is 19.5 Å². The van der Waals surface area contributed by atoms with Crippen LogP contribution in [-0.2, 0) is 20.5 Å². The summed E-state index contributed by atoms with van der Waals surface area (Å²) in [6.45, 7) is 22.7. The Hall–Kier alpha value is -2.90. The van der Waals surface area contributed by atoms with Gasteiger partial charge in [-0.25, -0.2) is 9.69 Å². The summed E-state index contributed by atoms with van der Waals surface area (Å²) in [5.74, 6) is -1.27. The lowest BCUT2D eigenvalue weighted by Gasteiger charge is -2.29. The number of Topliss-reactive ketones (excluding diaryl/α,β-unsaturated/α-hetero) is 1. The molecule has 2 heterocycles. The van der Waals surface area contributed by atoms with Crippen LogP contribution in [-0.4, -0.2) is 42.8 Å². The lowest BCUT2D eigenvalue weighted by atomic mass is 9.74. The normalized spacial score (nSPS) is 20.4. The Balaban J connectivity index is 2.33. The van der Waals surface area contributed by atoms with Crippen molar-refractivity contribution < 1.29 is 14.7 Å². The first-order valence-electron chi connectivity index (χ1n) is 11.6. The highest BCUT2D eigenvalue weighted by atomic mass is 16.3. The Bertz CT molecular complexity index is 1240. The number of rotatable bonds is 1. The van der Waals surface area contributed by atoms with Gasteiger partial charge in [0, 0.05) is 10.8 Å². The maximum atomic E-state index is 13.6. The summed E-state index contributed by atoms with van der Waals surface area (Å²) >= 11 is 0. The zero-order valence-electron chi connectivity index (χ0n) is 22.5. The summed E-state index contributed by atoms with van der Waals surface area (Å²) in [5.41, 5.74) is -1.43. The molecule has 8 heteroatoms. The van der Waals surface area contributed by atoms with E-state index in [1.807, 2.05) is 83.1 Å². The van der Waals surface area contributed by atoms with Gasteiger partial charge in [-0.1, -0.05) is 41.5 Å². The highest BCUT2D eigenvalue weighted by Crippen LogP contribution is 2.44. The first-order valence-corrected chi connectivity index (χ1v) is 11.6. The molecule has 0 spiro atoms. The summed E-state index contributed by atoms with van der Waals surface area (Å²) in [6, 6.07) is 0. The van der Waals surface area contributed by atoms with Crippen LogP contribution in [0, 0.1) is 5.41 Å². The second-order valence-electron chi connectivity index (χ2n) is 13.2. The molecule has 3 rings (SSSR count). The third-order valence-electron chi connectivity index (χ3n) is 5.93. The first-order chi connectivity index (χ1) is 15.1. The van der Waals surface area contributed by atoms with Gasteiger partial charge >= 0.3 is 0 Å². The van der Waals surface area contributed by atoms with Crippen molar-refractivity contribution >= 4 is 23.0 Å². The molecular weight excluding hydrogens is 432 g/mol. The maximum absolute atomic E-state index is 13.6. The van der Waals surface area contributed by atoms with E-state index in [1.165, 1.54) is 9.69 Å². The van der Waals surface area contributed by atoms with Crippen molar-refractivity contribution in [2.45, 2.75) is 99.6 Å². The molecule has 2 N–H and O–H groups in total. The molecule has 186 valence electrons. The average molecular weight is 471 g/mol. The molecule has 0 atom stereocenters. The SMILES string of the molecule is CC(C)(C)C1=NN(C(C)(C)C)C(=O)/C1=C1/C(=O)C(c2c(C(C)(C)C)[nH]n(C(C)(C)C)c2=O)=C1O. The molecule has 0 fully saturated rings. The number of aromatic nitrogens is 2. The van der Waals surface area contributed by atoms with Crippen LogP contribution in [0.2, 0.25) is 0 Å². The molecule has 0 bridgehead atoms. The van der Waals surface area contributed by atoms with E-state index in [9.17, 15) is 19.5 Å². The van der Waals surface area contributed by atoms with Crippen LogP contribution in [0.25, 0.3) is 5.57 Å². The number of ketones is 1. The van der Waals surface area contributed by atoms with Crippen LogP contribution in [0.15, 0.2) is 26.8 Å². The van der Waals surface area contributed by atoms with Crippen molar-refractivity contribution in [1.82, 2.24) is 14.8 Å². The predicted molar refractivity (Wildman–Crippen MR) is 134 cm³/mol. The molecular formula is C26H38N4O4. The Morgan fingerprint density at radius 2 is 1.26 bits per heavy atom. The molecule has 34 heavy (non-hydrogen) atoms. The number of carbonyl (C=O) groups is 2. The Labute approximate surface area is 201 Å². The Kier molecular flexibility index (Phi) is 5.52. The number of nitrogens with one attached hydrogen (secondary N) is 1. The van der Waals surface area contributed by atoms with Gasteiger partial charge < -0.3 is 5.11 Å². The predicted octanol–water partition coefficient (Wildman–Crippen LogP) is 4.42. The van der Waals surface area contributed by atoms with Crippen LogP contribution < -0.4 is 5.56 Å². The van der Waals surface area contributed by atoms with E-state index in [4.69, 9.17) is 0 Å². The van der Waals surface area contributed by atoms with Gasteiger partial charge in [0.15, 0.2) is 0 Å². The second kappa shape index (κ2) is 7.30. The van der Waals surface area contributed by atoms with Crippen LogP contribution in [0.5, 0.6) is 0 Å². The van der Waals surface area contributed by atoms with Gasteiger partial charge in [0.25, 0.3) is 11.5 Å². The number of allylic oxidation sites excluding steroid dienone is 2. The molecule has 0 saturated heterocycles. The van der Waals surface area contributed by atoms with E-state index < -0.39 is 33.6 Å². The number of amides is 1. The van der Waals surface area contributed by atoms with Crippen LogP contribution in [0.4, 0.5) is 0 Å². The second-order valence-corrected chi connectivity index (χ2v) is 13.2. The van der Waals surface area contributed by atoms with Crippen LogP contribution in [0.3, 0.4) is 0 Å². The molecule has 1 aromatic rings. The molecule has 1 aliphatic heterocycles. The number of hydrazone groups is 1. The fraction of sp³-hybridized carbons (Fsp3) is 0.615. The molecule has 1 aliphatic carbocycles. The molecule has 2 aliphatic rings. The summed E-state index contributed by atoms with van der Waals surface area (Å²) in [6.07, 6.45) is 0. The van der Waals surface area contributed by atoms with E-state index in [1.54, 1.807) is 0 Å². The lowest BCUT2D eigenvalue weighted by molar-refractivity contribution is -0.130. The van der Waals surface area contributed by atoms with Crippen molar-refractivity contribution in [3.63, 3.8) is 0 Å². The van der Waals surface area contributed by atoms with Crippen molar-refractivity contribution in [2.24, 2.45) is 10.5 Å². The van der Waals surface area contributed by atoms with Crippen molar-refractivity contribution in [3.05, 3.63) is 38.5 Å². The minimum atomic E-state index is -0.606. The topological polar surface area (TPSA) is 108 Å². The maximum Gasteiger partial charge on any atom is 0.277 e. The summed E-state index contributed by atoms with van der Waals surface area (Å²) in [4.78, 5) is 40.4. The quantitative estimate of drug-likeness (QED) is 0.592. The molecule has 8 nitrogen and oxygen atoms in total. The number of H-pyrrole nitrogens is 1. The Morgan fingerprint density at radius 3 is 1.65 bits per heavy atom. The minimum absolute atomic E-state index is 0.0491. The van der Waals surface area contributed by atoms with E-state index in [-0.39, 0.29) is 33.6 Å². The smallest absolute Gasteiger partial charge is 0.277 e. The number of aromatic amines is 1. The van der Waals surface area contributed by atoms with Gasteiger partial charge in [0.2, 0.25) is 5.78 Å². The summed E-state index contributed by atoms with van der Waals surface area (Å²) in [5, 5.41) is 20.3. The number of hydrogen-bond acceptors (Lipinski definition) is 5. The van der Waals surface area contributed by atoms with Crippen LogP contribution in [0.1, 0.15) is 94.3 Å². The van der Waals surface area contributed by atoms with Gasteiger partial charge in [-0.15, -0.1) is 0 Å². The van der Waals surface area contributed by atoms with E-state index in [0.29, 0.717) is 11.4 Å². The highest BCUT2D eigenvalue weighted by molar-refractivity contribution is 6.44. The van der Waals surface area contributed by atoms with Gasteiger partial charge in [-0.2, -0.15) is 5.10 Å². The van der Waals surface area contributed by atoms with Crippen LogP contribution >= 0.6 is 0 Å². The minimum Gasteiger partial charge on any atom is -0.506 e. The fourth-order valence-corrected chi connectivity index (χ4v) is 4.16. The fourth-order valence-electron chi connectivity index (χ4n) is 4.16. The molecule has 1 aromatic heterocycles. The van der Waals surface area contributed by atoms with E-state index in [2.05, 4.69) is 10.2 Å². The third-order valence-corrected chi connectivity index (χ3v) is 5.93. The average Bonchev–Trinajstić information content (AvgIpc) is 3.13. The Morgan fingerprint density at radius 1 is 0.735 bits per heavy atom. The largest absolute Gasteiger partial charge is 0.506 e. The number of nitrogens with zero attached hydrogens (tertiary/aromatic N) is 3.